The van der Waals surface area contributed by atoms with Gasteiger partial charge in [-0.3, -0.25) is 4.79 Å². The van der Waals surface area contributed by atoms with Crippen molar-refractivity contribution < 1.29 is 22.0 Å². The van der Waals surface area contributed by atoms with Crippen molar-refractivity contribution in [2.75, 3.05) is 19.6 Å². The lowest BCUT2D eigenvalue weighted by molar-refractivity contribution is -0.124. The second kappa shape index (κ2) is 8.59. The fraction of sp³-hybridized carbons (Fsp3) is 0.381. The van der Waals surface area contributed by atoms with Gasteiger partial charge in [0, 0.05) is 19.6 Å². The molecule has 3 rings (SSSR count). The first-order valence-electron chi connectivity index (χ1n) is 9.50. The van der Waals surface area contributed by atoms with Gasteiger partial charge >= 0.3 is 0 Å². The molecule has 1 amide bonds. The maximum absolute atomic E-state index is 13.7. The fourth-order valence-corrected chi connectivity index (χ4v) is 4.79. The number of nitrogens with one attached hydrogen (secondary N) is 1. The van der Waals surface area contributed by atoms with E-state index >= 15 is 0 Å². The number of hydrogen-bond donors (Lipinski definition) is 1. The van der Waals surface area contributed by atoms with E-state index in [2.05, 4.69) is 5.32 Å². The van der Waals surface area contributed by atoms with Crippen LogP contribution in [0.4, 0.5) is 8.78 Å². The standard InChI is InChI=1S/C21H24F2N2O3S/c1-14(2)29(27,28)25-10-9-24-21(26)17(13-25)11-15-5-3-4-6-18(15)16-7-8-19(22)20(23)12-16/h3-8,12,14,17H,9-11,13H2,1-2H3,(H,24,26). The molecule has 1 heterocycles. The Kier molecular flexibility index (Phi) is 6.33. The molecular weight excluding hydrogens is 398 g/mol. The van der Waals surface area contributed by atoms with Crippen molar-refractivity contribution in [3.05, 3.63) is 59.7 Å². The number of rotatable bonds is 5. The molecular formula is C21H24F2N2O3S. The zero-order chi connectivity index (χ0) is 21.2. The molecule has 29 heavy (non-hydrogen) atoms. The van der Waals surface area contributed by atoms with Gasteiger partial charge < -0.3 is 5.32 Å². The highest BCUT2D eigenvalue weighted by Gasteiger charge is 2.33. The summed E-state index contributed by atoms with van der Waals surface area (Å²) in [5.41, 5.74) is 1.95. The first-order valence-corrected chi connectivity index (χ1v) is 11.0. The zero-order valence-corrected chi connectivity index (χ0v) is 17.2. The number of carbonyl (C=O) groups excluding carboxylic acids is 1. The second-order valence-corrected chi connectivity index (χ2v) is 9.92. The Bertz CT molecular complexity index is 1010. The van der Waals surface area contributed by atoms with E-state index in [-0.39, 0.29) is 32.0 Å². The maximum Gasteiger partial charge on any atom is 0.224 e. The second-order valence-electron chi connectivity index (χ2n) is 7.43. The third kappa shape index (κ3) is 4.64. The summed E-state index contributed by atoms with van der Waals surface area (Å²) in [6.07, 6.45) is 0.283. The van der Waals surface area contributed by atoms with Gasteiger partial charge in [0.05, 0.1) is 11.2 Å². The monoisotopic (exact) mass is 422 g/mol. The molecule has 1 saturated heterocycles. The molecule has 0 saturated carbocycles. The van der Waals surface area contributed by atoms with Crippen LogP contribution in [0.3, 0.4) is 0 Å². The minimum absolute atomic E-state index is 0.0818. The minimum atomic E-state index is -3.49. The van der Waals surface area contributed by atoms with Gasteiger partial charge in [-0.1, -0.05) is 30.3 Å². The lowest BCUT2D eigenvalue weighted by Crippen LogP contribution is -2.40. The smallest absolute Gasteiger partial charge is 0.224 e. The molecule has 1 aliphatic heterocycles. The van der Waals surface area contributed by atoms with Crippen molar-refractivity contribution in [1.29, 1.82) is 0 Å². The average molecular weight is 422 g/mol. The minimum Gasteiger partial charge on any atom is -0.354 e. The molecule has 5 nitrogen and oxygen atoms in total. The molecule has 0 radical (unpaired) electrons. The van der Waals surface area contributed by atoms with Crippen molar-refractivity contribution in [2.45, 2.75) is 25.5 Å². The van der Waals surface area contributed by atoms with Crippen LogP contribution in [0.1, 0.15) is 19.4 Å². The van der Waals surface area contributed by atoms with E-state index in [1.165, 1.54) is 10.4 Å². The number of nitrogens with zero attached hydrogens (tertiary/aromatic N) is 1. The molecule has 1 unspecified atom stereocenters. The number of benzene rings is 2. The van der Waals surface area contributed by atoms with Crippen LogP contribution in [0.2, 0.25) is 0 Å². The summed E-state index contributed by atoms with van der Waals surface area (Å²) in [4.78, 5) is 12.6. The Morgan fingerprint density at radius 2 is 1.86 bits per heavy atom. The van der Waals surface area contributed by atoms with Gasteiger partial charge in [0.25, 0.3) is 0 Å². The van der Waals surface area contributed by atoms with E-state index in [9.17, 15) is 22.0 Å². The summed E-state index contributed by atoms with van der Waals surface area (Å²) >= 11 is 0. The van der Waals surface area contributed by atoms with E-state index < -0.39 is 32.8 Å². The highest BCUT2D eigenvalue weighted by molar-refractivity contribution is 7.89. The summed E-state index contributed by atoms with van der Waals surface area (Å²) in [6, 6.07) is 10.8. The molecule has 0 aliphatic carbocycles. The predicted octanol–water partition coefficient (Wildman–Crippen LogP) is 2.96. The van der Waals surface area contributed by atoms with Gasteiger partial charge in [-0.2, -0.15) is 4.31 Å². The number of halogens is 2. The fourth-order valence-electron chi connectivity index (χ4n) is 3.46. The topological polar surface area (TPSA) is 66.5 Å². The third-order valence-corrected chi connectivity index (χ3v) is 7.37. The van der Waals surface area contributed by atoms with Crippen LogP contribution in [0.5, 0.6) is 0 Å². The molecule has 0 bridgehead atoms. The average Bonchev–Trinajstić information content (AvgIpc) is 2.86. The van der Waals surface area contributed by atoms with Crippen LogP contribution in [-0.4, -0.2) is 43.5 Å². The van der Waals surface area contributed by atoms with Crippen LogP contribution in [0.25, 0.3) is 11.1 Å². The Morgan fingerprint density at radius 1 is 1.14 bits per heavy atom. The Balaban J connectivity index is 1.92. The molecule has 1 fully saturated rings. The molecule has 1 N–H and O–H groups in total. The molecule has 2 aromatic carbocycles. The van der Waals surface area contributed by atoms with Crippen molar-refractivity contribution in [3.8, 4) is 11.1 Å². The summed E-state index contributed by atoms with van der Waals surface area (Å²) in [5.74, 6) is -2.67. The van der Waals surface area contributed by atoms with E-state index in [0.29, 0.717) is 11.1 Å². The molecule has 1 atom stereocenters. The lowest BCUT2D eigenvalue weighted by atomic mass is 9.91. The SMILES string of the molecule is CC(C)S(=O)(=O)N1CCNC(=O)C(Cc2ccccc2-c2ccc(F)c(F)c2)C1. The van der Waals surface area contributed by atoms with E-state index in [1.54, 1.807) is 32.0 Å². The van der Waals surface area contributed by atoms with Gasteiger partial charge in [0.15, 0.2) is 11.6 Å². The summed E-state index contributed by atoms with van der Waals surface area (Å²) in [5, 5.41) is 2.20. The largest absolute Gasteiger partial charge is 0.354 e. The molecule has 0 spiro atoms. The molecule has 156 valence electrons. The van der Waals surface area contributed by atoms with Crippen LogP contribution in [0, 0.1) is 17.6 Å². The van der Waals surface area contributed by atoms with Crippen LogP contribution in [-0.2, 0) is 21.2 Å². The van der Waals surface area contributed by atoms with Gasteiger partial charge in [-0.05, 0) is 49.1 Å². The van der Waals surface area contributed by atoms with E-state index in [1.807, 2.05) is 6.07 Å². The zero-order valence-electron chi connectivity index (χ0n) is 16.4. The summed E-state index contributed by atoms with van der Waals surface area (Å²) < 4.78 is 53.6. The quantitative estimate of drug-likeness (QED) is 0.806. The Labute approximate surface area is 169 Å². The van der Waals surface area contributed by atoms with Crippen LogP contribution >= 0.6 is 0 Å². The third-order valence-electron chi connectivity index (χ3n) is 5.13. The Hall–Kier alpha value is -2.32. The van der Waals surface area contributed by atoms with Gasteiger partial charge in [-0.15, -0.1) is 0 Å². The van der Waals surface area contributed by atoms with Gasteiger partial charge in [-0.25, -0.2) is 17.2 Å². The molecule has 1 aliphatic rings. The van der Waals surface area contributed by atoms with Crippen molar-refractivity contribution in [2.24, 2.45) is 5.92 Å². The molecule has 8 heteroatoms. The number of sulfonamides is 1. The number of amides is 1. The summed E-state index contributed by atoms with van der Waals surface area (Å²) in [7, 11) is -3.49. The molecule has 2 aromatic rings. The normalized spacial score (nSPS) is 18.5. The first-order chi connectivity index (χ1) is 13.7. The first kappa shape index (κ1) is 21.4. The number of carbonyl (C=O) groups is 1. The van der Waals surface area contributed by atoms with Gasteiger partial charge in [0.1, 0.15) is 0 Å². The Morgan fingerprint density at radius 3 is 2.55 bits per heavy atom. The summed E-state index contributed by atoms with van der Waals surface area (Å²) in [6.45, 7) is 3.80. The van der Waals surface area contributed by atoms with E-state index in [4.69, 9.17) is 0 Å². The van der Waals surface area contributed by atoms with Crippen molar-refractivity contribution >= 4 is 15.9 Å². The van der Waals surface area contributed by atoms with Gasteiger partial charge in [0.2, 0.25) is 15.9 Å². The number of hydrogen-bond acceptors (Lipinski definition) is 3. The van der Waals surface area contributed by atoms with Crippen molar-refractivity contribution in [1.82, 2.24) is 9.62 Å². The predicted molar refractivity (Wildman–Crippen MR) is 108 cm³/mol. The highest BCUT2D eigenvalue weighted by Crippen LogP contribution is 2.28. The maximum atomic E-state index is 13.7. The van der Waals surface area contributed by atoms with Crippen LogP contribution in [0.15, 0.2) is 42.5 Å². The van der Waals surface area contributed by atoms with Crippen LogP contribution < -0.4 is 5.32 Å². The van der Waals surface area contributed by atoms with E-state index in [0.717, 1.165) is 17.7 Å². The lowest BCUT2D eigenvalue weighted by Gasteiger charge is -2.25. The highest BCUT2D eigenvalue weighted by atomic mass is 32.2. The van der Waals surface area contributed by atoms with Crippen molar-refractivity contribution in [3.63, 3.8) is 0 Å². The molecule has 0 aromatic heterocycles.